The Labute approximate surface area is 148 Å². The number of halogens is 1. The predicted octanol–water partition coefficient (Wildman–Crippen LogP) is 3.03. The van der Waals surface area contributed by atoms with Crippen molar-refractivity contribution in [2.45, 2.75) is 18.8 Å². The standard InChI is InChI=1S/C16H16ClN5OS/c1-9-14(15(17)21(2)20-9)16-22(13(23)8-24-16)7-12-18-10-5-3-4-6-11(10)19-12/h3-6,16H,7-8H2,1-2H3,(H,18,19). The second-order valence-corrected chi connectivity index (χ2v) is 7.23. The quantitative estimate of drug-likeness (QED) is 0.778. The highest BCUT2D eigenvalue weighted by atomic mass is 35.5. The van der Waals surface area contributed by atoms with Crippen LogP contribution in [0.15, 0.2) is 24.3 Å². The minimum absolute atomic E-state index is 0.0878. The molecule has 24 heavy (non-hydrogen) atoms. The van der Waals surface area contributed by atoms with Crippen LogP contribution in [0.4, 0.5) is 0 Å². The van der Waals surface area contributed by atoms with Crippen molar-refractivity contribution in [1.29, 1.82) is 0 Å². The number of rotatable bonds is 3. The number of aryl methyl sites for hydroxylation is 2. The molecular formula is C16H16ClN5OS. The van der Waals surface area contributed by atoms with Gasteiger partial charge in [-0.15, -0.1) is 11.8 Å². The second kappa shape index (κ2) is 5.82. The van der Waals surface area contributed by atoms with Crippen molar-refractivity contribution in [3.8, 4) is 0 Å². The van der Waals surface area contributed by atoms with Crippen LogP contribution in [0.1, 0.15) is 22.5 Å². The van der Waals surface area contributed by atoms with E-state index in [2.05, 4.69) is 15.1 Å². The van der Waals surface area contributed by atoms with Crippen LogP contribution in [0, 0.1) is 6.92 Å². The van der Waals surface area contributed by atoms with E-state index in [0.29, 0.717) is 17.5 Å². The van der Waals surface area contributed by atoms with Crippen molar-refractivity contribution in [3.63, 3.8) is 0 Å². The molecule has 0 spiro atoms. The van der Waals surface area contributed by atoms with Gasteiger partial charge in [0, 0.05) is 12.6 Å². The number of hydrogen-bond acceptors (Lipinski definition) is 4. The Morgan fingerprint density at radius 1 is 1.42 bits per heavy atom. The number of nitrogens with one attached hydrogen (secondary N) is 1. The van der Waals surface area contributed by atoms with Gasteiger partial charge in [0.15, 0.2) is 0 Å². The van der Waals surface area contributed by atoms with E-state index in [4.69, 9.17) is 11.6 Å². The number of para-hydroxylation sites is 2. The van der Waals surface area contributed by atoms with Gasteiger partial charge in [-0.1, -0.05) is 23.7 Å². The van der Waals surface area contributed by atoms with Crippen molar-refractivity contribution in [3.05, 3.63) is 46.5 Å². The molecule has 3 heterocycles. The summed E-state index contributed by atoms with van der Waals surface area (Å²) in [4.78, 5) is 22.1. The molecule has 1 aromatic carbocycles. The molecule has 4 rings (SSSR count). The first-order chi connectivity index (χ1) is 11.5. The molecule has 0 aliphatic carbocycles. The van der Waals surface area contributed by atoms with Gasteiger partial charge >= 0.3 is 0 Å². The van der Waals surface area contributed by atoms with Crippen LogP contribution in [0.5, 0.6) is 0 Å². The number of H-pyrrole nitrogens is 1. The molecule has 1 atom stereocenters. The number of carbonyl (C=O) groups excluding carboxylic acids is 1. The molecule has 1 fully saturated rings. The first kappa shape index (κ1) is 15.5. The Bertz CT molecular complexity index is 901. The summed E-state index contributed by atoms with van der Waals surface area (Å²) < 4.78 is 1.65. The van der Waals surface area contributed by atoms with E-state index < -0.39 is 0 Å². The SMILES string of the molecule is Cc1nn(C)c(Cl)c1C1SCC(=O)N1Cc1nc2ccccc2[nH]1. The summed E-state index contributed by atoms with van der Waals surface area (Å²) in [6.45, 7) is 2.35. The molecule has 0 saturated carbocycles. The number of carbonyl (C=O) groups is 1. The first-order valence-electron chi connectivity index (χ1n) is 7.58. The second-order valence-electron chi connectivity index (χ2n) is 5.80. The maximum Gasteiger partial charge on any atom is 0.234 e. The first-order valence-corrected chi connectivity index (χ1v) is 9.01. The summed E-state index contributed by atoms with van der Waals surface area (Å²) in [7, 11) is 1.81. The van der Waals surface area contributed by atoms with Crippen LogP contribution in [0.2, 0.25) is 5.15 Å². The molecule has 0 radical (unpaired) electrons. The average Bonchev–Trinajstić information content (AvgIpc) is 3.19. The van der Waals surface area contributed by atoms with Crippen molar-refractivity contribution in [2.75, 3.05) is 5.75 Å². The van der Waals surface area contributed by atoms with E-state index >= 15 is 0 Å². The smallest absolute Gasteiger partial charge is 0.234 e. The lowest BCUT2D eigenvalue weighted by atomic mass is 10.2. The molecule has 1 unspecified atom stereocenters. The van der Waals surface area contributed by atoms with Gasteiger partial charge in [0.2, 0.25) is 5.91 Å². The number of aromatic nitrogens is 4. The van der Waals surface area contributed by atoms with Crippen LogP contribution in [-0.2, 0) is 18.4 Å². The minimum Gasteiger partial charge on any atom is -0.340 e. The summed E-state index contributed by atoms with van der Waals surface area (Å²) in [5.74, 6) is 1.30. The predicted molar refractivity (Wildman–Crippen MR) is 94.8 cm³/mol. The maximum atomic E-state index is 12.4. The van der Waals surface area contributed by atoms with Gasteiger partial charge in [-0.05, 0) is 19.1 Å². The zero-order valence-corrected chi connectivity index (χ0v) is 14.9. The monoisotopic (exact) mass is 361 g/mol. The number of imidazole rings is 1. The maximum absolute atomic E-state index is 12.4. The number of benzene rings is 1. The van der Waals surface area contributed by atoms with Crippen LogP contribution >= 0.6 is 23.4 Å². The summed E-state index contributed by atoms with van der Waals surface area (Å²) in [5.41, 5.74) is 3.63. The van der Waals surface area contributed by atoms with E-state index in [1.165, 1.54) is 0 Å². The Kier molecular flexibility index (Phi) is 3.77. The molecule has 1 aliphatic heterocycles. The highest BCUT2D eigenvalue weighted by molar-refractivity contribution is 8.00. The van der Waals surface area contributed by atoms with E-state index in [0.717, 1.165) is 28.1 Å². The molecule has 3 aromatic rings. The molecule has 2 aromatic heterocycles. The van der Waals surface area contributed by atoms with E-state index in [1.807, 2.05) is 43.1 Å². The molecule has 1 aliphatic rings. The Morgan fingerprint density at radius 3 is 2.92 bits per heavy atom. The van der Waals surface area contributed by atoms with Gasteiger partial charge in [-0.3, -0.25) is 9.48 Å². The van der Waals surface area contributed by atoms with Gasteiger partial charge in [-0.2, -0.15) is 5.10 Å². The summed E-state index contributed by atoms with van der Waals surface area (Å²) in [6, 6.07) is 7.84. The van der Waals surface area contributed by atoms with Gasteiger partial charge in [-0.25, -0.2) is 4.98 Å². The molecule has 8 heteroatoms. The molecular weight excluding hydrogens is 346 g/mol. The van der Waals surface area contributed by atoms with Crippen LogP contribution in [-0.4, -0.2) is 36.3 Å². The highest BCUT2D eigenvalue weighted by Crippen LogP contribution is 2.43. The van der Waals surface area contributed by atoms with E-state index in [-0.39, 0.29) is 11.3 Å². The third-order valence-electron chi connectivity index (χ3n) is 4.17. The van der Waals surface area contributed by atoms with Crippen LogP contribution in [0.25, 0.3) is 11.0 Å². The van der Waals surface area contributed by atoms with Crippen molar-refractivity contribution < 1.29 is 4.79 Å². The number of thioether (sulfide) groups is 1. The lowest BCUT2D eigenvalue weighted by Crippen LogP contribution is -2.28. The molecule has 1 saturated heterocycles. The minimum atomic E-state index is -0.132. The lowest BCUT2D eigenvalue weighted by molar-refractivity contribution is -0.128. The van der Waals surface area contributed by atoms with E-state index in [9.17, 15) is 4.79 Å². The van der Waals surface area contributed by atoms with Crippen LogP contribution in [0.3, 0.4) is 0 Å². The van der Waals surface area contributed by atoms with Crippen LogP contribution < -0.4 is 0 Å². The summed E-state index contributed by atoms with van der Waals surface area (Å²) in [6.07, 6.45) is 0. The molecule has 124 valence electrons. The summed E-state index contributed by atoms with van der Waals surface area (Å²) >= 11 is 7.98. The summed E-state index contributed by atoms with van der Waals surface area (Å²) in [5, 5.41) is 4.81. The number of aromatic amines is 1. The van der Waals surface area contributed by atoms with Crippen molar-refractivity contribution in [1.82, 2.24) is 24.6 Å². The Balaban J connectivity index is 1.68. The lowest BCUT2D eigenvalue weighted by Gasteiger charge is -2.23. The van der Waals surface area contributed by atoms with Gasteiger partial charge in [0.25, 0.3) is 0 Å². The zero-order valence-electron chi connectivity index (χ0n) is 13.3. The van der Waals surface area contributed by atoms with Gasteiger partial charge in [0.05, 0.1) is 29.0 Å². The fourth-order valence-corrected chi connectivity index (χ4v) is 4.66. The Hall–Kier alpha value is -1.99. The van der Waals surface area contributed by atoms with E-state index in [1.54, 1.807) is 16.4 Å². The number of fused-ring (bicyclic) bond motifs is 1. The third kappa shape index (κ3) is 2.48. The fourth-order valence-electron chi connectivity index (χ4n) is 3.03. The zero-order chi connectivity index (χ0) is 16.8. The molecule has 6 nitrogen and oxygen atoms in total. The molecule has 1 N–H and O–H groups in total. The largest absolute Gasteiger partial charge is 0.340 e. The van der Waals surface area contributed by atoms with Gasteiger partial charge in [0.1, 0.15) is 16.4 Å². The fraction of sp³-hybridized carbons (Fsp3) is 0.312. The average molecular weight is 362 g/mol. The Morgan fingerprint density at radius 2 is 2.21 bits per heavy atom. The van der Waals surface area contributed by atoms with Crippen molar-refractivity contribution >= 4 is 40.3 Å². The normalized spacial score (nSPS) is 18.0. The molecule has 1 amide bonds. The third-order valence-corrected chi connectivity index (χ3v) is 5.84. The number of amides is 1. The number of nitrogens with zero attached hydrogens (tertiary/aromatic N) is 4. The molecule has 0 bridgehead atoms. The van der Waals surface area contributed by atoms with Gasteiger partial charge < -0.3 is 9.88 Å². The number of hydrogen-bond donors (Lipinski definition) is 1. The topological polar surface area (TPSA) is 66.8 Å². The highest BCUT2D eigenvalue weighted by Gasteiger charge is 2.37. The van der Waals surface area contributed by atoms with Crippen molar-refractivity contribution in [2.24, 2.45) is 7.05 Å².